The van der Waals surface area contributed by atoms with Crippen LogP contribution in [0.3, 0.4) is 0 Å². The lowest BCUT2D eigenvalue weighted by Crippen LogP contribution is -2.21. The third-order valence-corrected chi connectivity index (χ3v) is 1.87. The molecule has 88 valence electrons. The van der Waals surface area contributed by atoms with Gasteiger partial charge in [0, 0.05) is 0 Å². The fraction of sp³-hybridized carbons (Fsp3) is 0.200. The Morgan fingerprint density at radius 1 is 1.41 bits per heavy atom. The molecule has 0 atom stereocenters. The first-order valence-electron chi connectivity index (χ1n) is 4.96. The van der Waals surface area contributed by atoms with E-state index in [0.29, 0.717) is 5.75 Å². The van der Waals surface area contributed by atoms with Crippen molar-refractivity contribution in [3.05, 3.63) is 30.3 Å². The van der Waals surface area contributed by atoms with Crippen LogP contribution in [0.1, 0.15) is 0 Å². The quantitative estimate of drug-likeness (QED) is 0.817. The average Bonchev–Trinajstić information content (AvgIpc) is 2.73. The van der Waals surface area contributed by atoms with Crippen LogP contribution in [0.25, 0.3) is 0 Å². The first kappa shape index (κ1) is 11.1. The highest BCUT2D eigenvalue weighted by Crippen LogP contribution is 2.07. The molecule has 1 N–H and O–H groups in total. The van der Waals surface area contributed by atoms with E-state index >= 15 is 0 Å². The van der Waals surface area contributed by atoms with Gasteiger partial charge in [-0.15, -0.1) is 5.10 Å². The minimum Gasteiger partial charge on any atom is -0.484 e. The molecule has 7 nitrogen and oxygen atoms in total. The second kappa shape index (κ2) is 5.06. The Morgan fingerprint density at radius 2 is 2.18 bits per heavy atom. The molecule has 0 fully saturated rings. The number of benzene rings is 1. The molecule has 2 aromatic rings. The van der Waals surface area contributed by atoms with Crippen molar-refractivity contribution in [3.63, 3.8) is 0 Å². The van der Waals surface area contributed by atoms with Crippen molar-refractivity contribution in [2.45, 2.75) is 0 Å². The number of carbonyl (C=O) groups excluding carboxylic acids is 1. The third kappa shape index (κ3) is 3.26. The van der Waals surface area contributed by atoms with E-state index in [2.05, 4.69) is 20.7 Å². The van der Waals surface area contributed by atoms with Crippen LogP contribution in [0.15, 0.2) is 30.3 Å². The number of amides is 1. The van der Waals surface area contributed by atoms with E-state index in [-0.39, 0.29) is 18.5 Å². The number of hydrogen-bond donors (Lipinski definition) is 1. The lowest BCUT2D eigenvalue weighted by Gasteiger charge is -2.04. The van der Waals surface area contributed by atoms with E-state index in [4.69, 9.17) is 4.74 Å². The van der Waals surface area contributed by atoms with Gasteiger partial charge in [-0.2, -0.15) is 4.80 Å². The number of carbonyl (C=O) groups is 1. The highest BCUT2D eigenvalue weighted by Gasteiger charge is 2.06. The average molecular weight is 233 g/mol. The number of aromatic nitrogens is 4. The van der Waals surface area contributed by atoms with Crippen molar-refractivity contribution in [2.75, 3.05) is 11.9 Å². The molecule has 0 radical (unpaired) electrons. The van der Waals surface area contributed by atoms with Crippen LogP contribution in [-0.4, -0.2) is 32.7 Å². The van der Waals surface area contributed by atoms with Gasteiger partial charge in [0.1, 0.15) is 5.75 Å². The number of para-hydroxylation sites is 1. The Morgan fingerprint density at radius 3 is 2.82 bits per heavy atom. The molecule has 0 aliphatic heterocycles. The number of nitrogens with zero attached hydrogens (tertiary/aromatic N) is 4. The summed E-state index contributed by atoms with van der Waals surface area (Å²) < 4.78 is 5.25. The summed E-state index contributed by atoms with van der Waals surface area (Å²) in [6.45, 7) is -0.0950. The van der Waals surface area contributed by atoms with Crippen molar-refractivity contribution in [2.24, 2.45) is 7.05 Å². The Balaban J connectivity index is 1.82. The summed E-state index contributed by atoms with van der Waals surface area (Å²) >= 11 is 0. The molecule has 7 heteroatoms. The van der Waals surface area contributed by atoms with Gasteiger partial charge in [-0.05, 0) is 17.3 Å². The summed E-state index contributed by atoms with van der Waals surface area (Å²) in [6.07, 6.45) is 0. The van der Waals surface area contributed by atoms with Crippen LogP contribution in [0.2, 0.25) is 0 Å². The third-order valence-electron chi connectivity index (χ3n) is 1.87. The topological polar surface area (TPSA) is 81.9 Å². The van der Waals surface area contributed by atoms with Crippen molar-refractivity contribution >= 4 is 11.9 Å². The number of tetrazole rings is 1. The Hall–Kier alpha value is -2.44. The van der Waals surface area contributed by atoms with Gasteiger partial charge in [-0.1, -0.05) is 23.3 Å². The van der Waals surface area contributed by atoms with Gasteiger partial charge in [-0.3, -0.25) is 10.1 Å². The zero-order valence-electron chi connectivity index (χ0n) is 9.20. The minimum atomic E-state index is -0.332. The number of anilines is 1. The summed E-state index contributed by atoms with van der Waals surface area (Å²) in [5.74, 6) is 0.464. The van der Waals surface area contributed by atoms with Crippen molar-refractivity contribution < 1.29 is 9.53 Å². The molecule has 0 bridgehead atoms. The minimum absolute atomic E-state index is 0.0950. The van der Waals surface area contributed by atoms with Crippen LogP contribution in [-0.2, 0) is 11.8 Å². The fourth-order valence-corrected chi connectivity index (χ4v) is 1.16. The van der Waals surface area contributed by atoms with Gasteiger partial charge < -0.3 is 4.74 Å². The smallest absolute Gasteiger partial charge is 0.270 e. The molecule has 17 heavy (non-hydrogen) atoms. The van der Waals surface area contributed by atoms with E-state index in [1.54, 1.807) is 19.2 Å². The van der Waals surface area contributed by atoms with E-state index in [1.807, 2.05) is 18.2 Å². The number of nitrogens with one attached hydrogen (secondary N) is 1. The molecule has 1 heterocycles. The van der Waals surface area contributed by atoms with Gasteiger partial charge in [0.05, 0.1) is 7.05 Å². The lowest BCUT2D eigenvalue weighted by molar-refractivity contribution is -0.118. The molecule has 0 aliphatic rings. The van der Waals surface area contributed by atoms with Crippen molar-refractivity contribution in [1.82, 2.24) is 20.2 Å². The number of aryl methyl sites for hydroxylation is 1. The predicted molar refractivity (Wildman–Crippen MR) is 59.4 cm³/mol. The van der Waals surface area contributed by atoms with Crippen LogP contribution in [0, 0.1) is 0 Å². The predicted octanol–water partition coefficient (Wildman–Crippen LogP) is 0.228. The molecule has 1 aromatic carbocycles. The number of hydrogen-bond acceptors (Lipinski definition) is 5. The van der Waals surface area contributed by atoms with E-state index in [0.717, 1.165) is 0 Å². The SMILES string of the molecule is Cn1nnc(NC(=O)COc2ccccc2)n1. The molecule has 0 aliphatic carbocycles. The Labute approximate surface area is 97.4 Å². The van der Waals surface area contributed by atoms with Crippen molar-refractivity contribution in [1.29, 1.82) is 0 Å². The van der Waals surface area contributed by atoms with Gasteiger partial charge in [0.15, 0.2) is 6.61 Å². The monoisotopic (exact) mass is 233 g/mol. The maximum atomic E-state index is 11.4. The molecule has 2 rings (SSSR count). The normalized spacial score (nSPS) is 9.94. The number of rotatable bonds is 4. The largest absolute Gasteiger partial charge is 0.484 e. The van der Waals surface area contributed by atoms with Gasteiger partial charge >= 0.3 is 0 Å². The zero-order chi connectivity index (χ0) is 12.1. The molecule has 1 aromatic heterocycles. The van der Waals surface area contributed by atoms with Gasteiger partial charge in [0.2, 0.25) is 0 Å². The summed E-state index contributed by atoms with van der Waals surface area (Å²) in [6, 6.07) is 9.08. The maximum Gasteiger partial charge on any atom is 0.270 e. The van der Waals surface area contributed by atoms with Crippen LogP contribution in [0.4, 0.5) is 5.95 Å². The standard InChI is InChI=1S/C10H11N5O2/c1-15-13-10(12-14-15)11-9(16)7-17-8-5-3-2-4-6-8/h2-6H,7H2,1H3,(H,11,13,16). The highest BCUT2D eigenvalue weighted by atomic mass is 16.5. The first-order valence-corrected chi connectivity index (χ1v) is 4.96. The summed E-state index contributed by atoms with van der Waals surface area (Å²) in [5.41, 5.74) is 0. The molecule has 0 unspecified atom stereocenters. The summed E-state index contributed by atoms with van der Waals surface area (Å²) in [5, 5.41) is 13.5. The first-order chi connectivity index (χ1) is 8.24. The highest BCUT2D eigenvalue weighted by molar-refractivity contribution is 5.90. The van der Waals surface area contributed by atoms with Gasteiger partial charge in [0.25, 0.3) is 11.9 Å². The van der Waals surface area contributed by atoms with Crippen molar-refractivity contribution in [3.8, 4) is 5.75 Å². The Bertz CT molecular complexity index is 496. The molecule has 0 spiro atoms. The second-order valence-corrected chi connectivity index (χ2v) is 3.25. The van der Waals surface area contributed by atoms with Gasteiger partial charge in [-0.25, -0.2) is 0 Å². The van der Waals surface area contributed by atoms with E-state index in [9.17, 15) is 4.79 Å². The summed E-state index contributed by atoms with van der Waals surface area (Å²) in [7, 11) is 1.61. The molecular weight excluding hydrogens is 222 g/mol. The maximum absolute atomic E-state index is 11.4. The number of ether oxygens (including phenoxy) is 1. The molecule has 1 amide bonds. The lowest BCUT2D eigenvalue weighted by atomic mass is 10.3. The summed E-state index contributed by atoms with van der Waals surface area (Å²) in [4.78, 5) is 12.7. The molecular formula is C10H11N5O2. The molecule has 0 saturated carbocycles. The van der Waals surface area contributed by atoms with Crippen LogP contribution >= 0.6 is 0 Å². The second-order valence-electron chi connectivity index (χ2n) is 3.25. The van der Waals surface area contributed by atoms with E-state index in [1.165, 1.54) is 4.80 Å². The fourth-order valence-electron chi connectivity index (χ4n) is 1.16. The van der Waals surface area contributed by atoms with Crippen LogP contribution < -0.4 is 10.1 Å². The molecule has 0 saturated heterocycles. The van der Waals surface area contributed by atoms with Crippen LogP contribution in [0.5, 0.6) is 5.75 Å². The Kier molecular flexibility index (Phi) is 3.29. The zero-order valence-corrected chi connectivity index (χ0v) is 9.20. The van der Waals surface area contributed by atoms with E-state index < -0.39 is 0 Å².